The van der Waals surface area contributed by atoms with Crippen molar-refractivity contribution in [2.45, 2.75) is 12.8 Å². The van der Waals surface area contributed by atoms with Crippen molar-refractivity contribution >= 4 is 28.6 Å². The number of halogens is 1. The maximum Gasteiger partial charge on any atom is -0.00456 e. The zero-order valence-electron chi connectivity index (χ0n) is 4.39. The van der Waals surface area contributed by atoms with E-state index >= 15 is 0 Å². The fourth-order valence-electron chi connectivity index (χ4n) is 0.601. The highest BCUT2D eigenvalue weighted by Crippen LogP contribution is 2.23. The Morgan fingerprint density at radius 3 is 2.50 bits per heavy atom. The van der Waals surface area contributed by atoms with E-state index in [2.05, 4.69) is 28.6 Å². The largest absolute Gasteiger partial charge is 0.148 e. The van der Waals surface area contributed by atoms with Gasteiger partial charge >= 0.3 is 0 Å². The van der Waals surface area contributed by atoms with Crippen LogP contribution in [0, 0.1) is 0 Å². The van der Waals surface area contributed by atoms with Gasteiger partial charge in [-0.15, -0.1) is 12.6 Å². The van der Waals surface area contributed by atoms with E-state index in [1.807, 2.05) is 12.2 Å². The molecule has 0 spiro atoms. The van der Waals surface area contributed by atoms with Gasteiger partial charge in [0.1, 0.15) is 0 Å². The third-order valence-electron chi connectivity index (χ3n) is 1.08. The molecule has 0 aromatic heterocycles. The van der Waals surface area contributed by atoms with E-state index in [-0.39, 0.29) is 0 Å². The molecule has 8 heavy (non-hydrogen) atoms. The van der Waals surface area contributed by atoms with Gasteiger partial charge in [-0.3, -0.25) is 0 Å². The van der Waals surface area contributed by atoms with Crippen LogP contribution in [0.3, 0.4) is 0 Å². The smallest absolute Gasteiger partial charge is 0.00456 e. The molecule has 0 saturated carbocycles. The second-order valence-electron chi connectivity index (χ2n) is 1.77. The van der Waals surface area contributed by atoms with Crippen molar-refractivity contribution < 1.29 is 0 Å². The number of hydrogen-bond donors (Lipinski definition) is 1. The Labute approximate surface area is 63.2 Å². The molecule has 2 heteroatoms. The predicted molar refractivity (Wildman–Crippen MR) is 43.3 cm³/mol. The molecule has 44 valence electrons. The minimum atomic E-state index is 1.08. The van der Waals surface area contributed by atoms with Crippen LogP contribution in [-0.2, 0) is 0 Å². The summed E-state index contributed by atoms with van der Waals surface area (Å²) in [5, 5.41) is 0. The summed E-state index contributed by atoms with van der Waals surface area (Å²) >= 11 is 7.60. The van der Waals surface area contributed by atoms with Crippen LogP contribution in [0.4, 0.5) is 0 Å². The van der Waals surface area contributed by atoms with E-state index < -0.39 is 0 Å². The van der Waals surface area contributed by atoms with E-state index in [1.54, 1.807) is 0 Å². The standard InChI is InChI=1S/C6H7BrS/c7-5-1-3-6(8)4-2-5/h1,3,8H,2,4H2. The Morgan fingerprint density at radius 1 is 1.38 bits per heavy atom. The molecule has 0 aromatic carbocycles. The first-order chi connectivity index (χ1) is 3.79. The van der Waals surface area contributed by atoms with E-state index in [1.165, 1.54) is 9.39 Å². The molecule has 0 atom stereocenters. The molecular weight excluding hydrogens is 184 g/mol. The molecular formula is C6H7BrS. The minimum absolute atomic E-state index is 1.08. The highest BCUT2D eigenvalue weighted by Gasteiger charge is 1.98. The summed E-state index contributed by atoms with van der Waals surface area (Å²) in [5.41, 5.74) is 0. The summed E-state index contributed by atoms with van der Waals surface area (Å²) in [6.45, 7) is 0. The summed E-state index contributed by atoms with van der Waals surface area (Å²) in [6.07, 6.45) is 6.26. The van der Waals surface area contributed by atoms with Crippen molar-refractivity contribution in [2.24, 2.45) is 0 Å². The van der Waals surface area contributed by atoms with Crippen molar-refractivity contribution in [3.63, 3.8) is 0 Å². The van der Waals surface area contributed by atoms with Crippen LogP contribution in [0.2, 0.25) is 0 Å². The lowest BCUT2D eigenvalue weighted by molar-refractivity contribution is 1.01. The van der Waals surface area contributed by atoms with Crippen molar-refractivity contribution in [3.05, 3.63) is 21.5 Å². The van der Waals surface area contributed by atoms with Crippen LogP contribution in [0.25, 0.3) is 0 Å². The molecule has 0 bridgehead atoms. The Hall–Kier alpha value is 0.310. The Bertz CT molecular complexity index is 129. The lowest BCUT2D eigenvalue weighted by atomic mass is 10.2. The van der Waals surface area contributed by atoms with Crippen LogP contribution in [0.1, 0.15) is 12.8 Å². The van der Waals surface area contributed by atoms with Gasteiger partial charge in [0.25, 0.3) is 0 Å². The number of hydrogen-bond acceptors (Lipinski definition) is 1. The first-order valence-electron chi connectivity index (χ1n) is 2.53. The quantitative estimate of drug-likeness (QED) is 0.559. The Morgan fingerprint density at radius 2 is 2.12 bits per heavy atom. The average Bonchev–Trinajstić information content (AvgIpc) is 1.77. The van der Waals surface area contributed by atoms with E-state index in [0.29, 0.717) is 0 Å². The maximum absolute atomic E-state index is 4.20. The van der Waals surface area contributed by atoms with Gasteiger partial charge in [-0.05, 0) is 22.2 Å². The fraction of sp³-hybridized carbons (Fsp3) is 0.333. The minimum Gasteiger partial charge on any atom is -0.148 e. The van der Waals surface area contributed by atoms with Gasteiger partial charge in [-0.25, -0.2) is 0 Å². The van der Waals surface area contributed by atoms with Gasteiger partial charge in [-0.2, -0.15) is 0 Å². The molecule has 1 rings (SSSR count). The highest BCUT2D eigenvalue weighted by molar-refractivity contribution is 9.11. The summed E-state index contributed by atoms with van der Waals surface area (Å²) in [4.78, 5) is 1.17. The van der Waals surface area contributed by atoms with E-state index in [9.17, 15) is 0 Å². The van der Waals surface area contributed by atoms with Gasteiger partial charge in [-0.1, -0.05) is 28.1 Å². The van der Waals surface area contributed by atoms with Crippen LogP contribution in [0.15, 0.2) is 21.5 Å². The fourth-order valence-corrected chi connectivity index (χ4v) is 1.12. The Kier molecular flexibility index (Phi) is 2.20. The number of thiol groups is 1. The Balaban J connectivity index is 2.65. The normalized spacial score (nSPS) is 19.8. The van der Waals surface area contributed by atoms with Crippen LogP contribution < -0.4 is 0 Å². The van der Waals surface area contributed by atoms with Gasteiger partial charge in [0.15, 0.2) is 0 Å². The van der Waals surface area contributed by atoms with Crippen molar-refractivity contribution in [1.29, 1.82) is 0 Å². The van der Waals surface area contributed by atoms with Gasteiger partial charge in [0, 0.05) is 0 Å². The molecule has 0 fully saturated rings. The highest BCUT2D eigenvalue weighted by atomic mass is 79.9. The van der Waals surface area contributed by atoms with Crippen molar-refractivity contribution in [1.82, 2.24) is 0 Å². The van der Waals surface area contributed by atoms with Crippen LogP contribution in [-0.4, -0.2) is 0 Å². The van der Waals surface area contributed by atoms with Crippen LogP contribution in [0.5, 0.6) is 0 Å². The molecule has 0 unspecified atom stereocenters. The SMILES string of the molecule is SC1=CC=C(Br)CC1. The first-order valence-corrected chi connectivity index (χ1v) is 3.77. The van der Waals surface area contributed by atoms with Gasteiger partial charge < -0.3 is 0 Å². The first kappa shape index (κ1) is 6.43. The third kappa shape index (κ3) is 1.67. The molecule has 0 amide bonds. The molecule has 1 aliphatic carbocycles. The monoisotopic (exact) mass is 190 g/mol. The topological polar surface area (TPSA) is 0 Å². The molecule has 0 aromatic rings. The van der Waals surface area contributed by atoms with Crippen LogP contribution >= 0.6 is 28.6 Å². The number of allylic oxidation sites excluding steroid dienone is 4. The lowest BCUT2D eigenvalue weighted by Crippen LogP contribution is -1.81. The zero-order valence-corrected chi connectivity index (χ0v) is 6.87. The molecule has 0 heterocycles. The molecule has 0 saturated heterocycles. The summed E-state index contributed by atoms with van der Waals surface area (Å²) in [5.74, 6) is 0. The summed E-state index contributed by atoms with van der Waals surface area (Å²) in [6, 6.07) is 0. The molecule has 0 aliphatic heterocycles. The molecule has 0 nitrogen and oxygen atoms in total. The van der Waals surface area contributed by atoms with Gasteiger partial charge in [0.2, 0.25) is 0 Å². The third-order valence-corrected chi connectivity index (χ3v) is 2.11. The average molecular weight is 191 g/mol. The lowest BCUT2D eigenvalue weighted by Gasteiger charge is -2.03. The molecule has 0 N–H and O–H groups in total. The van der Waals surface area contributed by atoms with Gasteiger partial charge in [0.05, 0.1) is 0 Å². The summed E-state index contributed by atoms with van der Waals surface area (Å²) < 4.78 is 1.27. The van der Waals surface area contributed by atoms with Crippen molar-refractivity contribution in [3.8, 4) is 0 Å². The number of rotatable bonds is 0. The van der Waals surface area contributed by atoms with E-state index in [0.717, 1.165) is 12.8 Å². The van der Waals surface area contributed by atoms with E-state index in [4.69, 9.17) is 0 Å². The molecule has 1 aliphatic rings. The summed E-state index contributed by atoms with van der Waals surface area (Å²) in [7, 11) is 0. The zero-order chi connectivity index (χ0) is 5.98. The second kappa shape index (κ2) is 2.74. The maximum atomic E-state index is 4.20. The van der Waals surface area contributed by atoms with Crippen molar-refractivity contribution in [2.75, 3.05) is 0 Å². The second-order valence-corrected chi connectivity index (χ2v) is 3.36. The predicted octanol–water partition coefficient (Wildman–Crippen LogP) is 2.87. The molecule has 0 radical (unpaired) electrons.